The lowest BCUT2D eigenvalue weighted by Gasteiger charge is -2.13. The highest BCUT2D eigenvalue weighted by atomic mass is 16.3. The second-order valence-electron chi connectivity index (χ2n) is 14.5. The molecule has 0 unspecified atom stereocenters. The van der Waals surface area contributed by atoms with Crippen molar-refractivity contribution in [3.63, 3.8) is 0 Å². The first-order valence-corrected chi connectivity index (χ1v) is 19.2. The molecule has 0 atom stereocenters. The Morgan fingerprint density at radius 1 is 0.286 bits per heavy atom. The fraction of sp³-hybridized carbons (Fsp3) is 0. The first kappa shape index (κ1) is 32.0. The van der Waals surface area contributed by atoms with Gasteiger partial charge in [-0.3, -0.25) is 0 Å². The summed E-state index contributed by atoms with van der Waals surface area (Å²) >= 11 is 0. The topological polar surface area (TPSA) is 18.1 Å². The first-order chi connectivity index (χ1) is 27.7. The maximum Gasteiger partial charge on any atom is 0.143 e. The highest BCUT2D eigenvalue weighted by Gasteiger charge is 2.17. The highest BCUT2D eigenvalue weighted by molar-refractivity contribution is 6.12. The molecule has 262 valence electrons. The van der Waals surface area contributed by atoms with Gasteiger partial charge in [0.05, 0.1) is 11.0 Å². The maximum absolute atomic E-state index is 6.59. The van der Waals surface area contributed by atoms with Crippen LogP contribution in [-0.2, 0) is 0 Å². The van der Waals surface area contributed by atoms with Crippen molar-refractivity contribution in [1.29, 1.82) is 0 Å². The van der Waals surface area contributed by atoms with Crippen LogP contribution in [0.15, 0.2) is 217 Å². The van der Waals surface area contributed by atoms with E-state index in [0.29, 0.717) is 0 Å². The standard InChI is InChI=1S/C54H35NO/c1-3-14-36(15-4-1)38-18-11-19-39(30-38)42-31-43(33-44(32-42)46-24-13-25-49-48-23-8-10-27-53(48)56-54(46)49)41-28-29-52-50(35-41)47-22-7-9-26-51(47)55(52)45-21-12-20-40(34-45)37-16-5-2-6-17-37/h1-35H. The summed E-state index contributed by atoms with van der Waals surface area (Å²) < 4.78 is 8.99. The molecule has 0 aliphatic carbocycles. The van der Waals surface area contributed by atoms with Crippen LogP contribution in [-0.4, -0.2) is 4.57 Å². The Hall–Kier alpha value is -7.42. The molecule has 2 heteroatoms. The molecule has 0 aliphatic rings. The number of hydrogen-bond acceptors (Lipinski definition) is 1. The van der Waals surface area contributed by atoms with E-state index >= 15 is 0 Å². The van der Waals surface area contributed by atoms with Gasteiger partial charge in [-0.25, -0.2) is 0 Å². The quantitative estimate of drug-likeness (QED) is 0.168. The van der Waals surface area contributed by atoms with Gasteiger partial charge in [0, 0.05) is 32.8 Å². The lowest BCUT2D eigenvalue weighted by atomic mass is 9.91. The van der Waals surface area contributed by atoms with Gasteiger partial charge in [-0.05, 0) is 111 Å². The van der Waals surface area contributed by atoms with Crippen LogP contribution in [0, 0.1) is 0 Å². The zero-order chi connectivity index (χ0) is 37.0. The van der Waals surface area contributed by atoms with Gasteiger partial charge in [-0.15, -0.1) is 0 Å². The average Bonchev–Trinajstić information content (AvgIpc) is 3.83. The number of benzene rings is 9. The molecule has 2 nitrogen and oxygen atoms in total. The second-order valence-corrected chi connectivity index (χ2v) is 14.5. The molecular weight excluding hydrogens is 679 g/mol. The predicted molar refractivity (Wildman–Crippen MR) is 235 cm³/mol. The van der Waals surface area contributed by atoms with E-state index in [9.17, 15) is 0 Å². The molecule has 0 spiro atoms. The minimum Gasteiger partial charge on any atom is -0.455 e. The number of para-hydroxylation sites is 3. The van der Waals surface area contributed by atoms with Gasteiger partial charge >= 0.3 is 0 Å². The van der Waals surface area contributed by atoms with Gasteiger partial charge in [-0.1, -0.05) is 152 Å². The van der Waals surface area contributed by atoms with E-state index in [4.69, 9.17) is 4.42 Å². The summed E-state index contributed by atoms with van der Waals surface area (Å²) in [6, 6.07) is 76.5. The van der Waals surface area contributed by atoms with Crippen LogP contribution in [0.25, 0.3) is 105 Å². The van der Waals surface area contributed by atoms with E-state index in [2.05, 4.69) is 211 Å². The van der Waals surface area contributed by atoms with E-state index in [0.717, 1.165) is 55.4 Å². The summed E-state index contributed by atoms with van der Waals surface area (Å²) in [6.07, 6.45) is 0. The zero-order valence-electron chi connectivity index (χ0n) is 30.6. The van der Waals surface area contributed by atoms with Gasteiger partial charge in [0.25, 0.3) is 0 Å². The third-order valence-electron chi connectivity index (χ3n) is 11.2. The SMILES string of the molecule is c1ccc(-c2cccc(-c3cc(-c4ccc5c(c4)c4ccccc4n5-c4cccc(-c5ccccc5)c4)cc(-c4cccc5c4oc4ccccc45)c3)c2)cc1. The second kappa shape index (κ2) is 13.2. The predicted octanol–water partition coefficient (Wildman–Crippen LogP) is 15.0. The smallest absolute Gasteiger partial charge is 0.143 e. The van der Waals surface area contributed by atoms with Crippen LogP contribution in [0.1, 0.15) is 0 Å². The molecule has 0 N–H and O–H groups in total. The molecule has 0 bridgehead atoms. The molecule has 0 fully saturated rings. The fourth-order valence-corrected chi connectivity index (χ4v) is 8.49. The van der Waals surface area contributed by atoms with Crippen molar-refractivity contribution in [1.82, 2.24) is 4.57 Å². The van der Waals surface area contributed by atoms with E-state index in [1.54, 1.807) is 0 Å². The minimum atomic E-state index is 0.901. The highest BCUT2D eigenvalue weighted by Crippen LogP contribution is 2.41. The van der Waals surface area contributed by atoms with Crippen LogP contribution in [0.2, 0.25) is 0 Å². The van der Waals surface area contributed by atoms with Crippen LogP contribution in [0.4, 0.5) is 0 Å². The molecule has 0 aliphatic heterocycles. The van der Waals surface area contributed by atoms with Crippen molar-refractivity contribution >= 4 is 43.7 Å². The summed E-state index contributed by atoms with van der Waals surface area (Å²) in [6.45, 7) is 0. The molecule has 11 rings (SSSR count). The number of hydrogen-bond donors (Lipinski definition) is 0. The Bertz CT molecular complexity index is 3240. The molecule has 0 amide bonds. The normalized spacial score (nSPS) is 11.6. The Labute approximate surface area is 325 Å². The molecule has 56 heavy (non-hydrogen) atoms. The Balaban J connectivity index is 1.11. The van der Waals surface area contributed by atoms with Crippen molar-refractivity contribution in [2.24, 2.45) is 0 Å². The summed E-state index contributed by atoms with van der Waals surface area (Å²) in [4.78, 5) is 0. The van der Waals surface area contributed by atoms with E-state index in [-0.39, 0.29) is 0 Å². The largest absolute Gasteiger partial charge is 0.455 e. The van der Waals surface area contributed by atoms with Gasteiger partial charge in [-0.2, -0.15) is 0 Å². The minimum absolute atomic E-state index is 0.901. The molecule has 2 aromatic heterocycles. The molecule has 11 aromatic rings. The lowest BCUT2D eigenvalue weighted by molar-refractivity contribution is 0.670. The van der Waals surface area contributed by atoms with Crippen LogP contribution in [0.5, 0.6) is 0 Å². The number of aromatic nitrogens is 1. The van der Waals surface area contributed by atoms with Gasteiger partial charge in [0.1, 0.15) is 11.2 Å². The summed E-state index contributed by atoms with van der Waals surface area (Å²) in [5.74, 6) is 0. The molecular formula is C54H35NO. The van der Waals surface area contributed by atoms with Crippen molar-refractivity contribution in [2.45, 2.75) is 0 Å². The van der Waals surface area contributed by atoms with Crippen LogP contribution < -0.4 is 0 Å². The van der Waals surface area contributed by atoms with Gasteiger partial charge < -0.3 is 8.98 Å². The van der Waals surface area contributed by atoms with Crippen molar-refractivity contribution in [3.8, 4) is 61.3 Å². The van der Waals surface area contributed by atoms with Gasteiger partial charge in [0.2, 0.25) is 0 Å². The Morgan fingerprint density at radius 2 is 0.804 bits per heavy atom. The molecule has 0 saturated carbocycles. The zero-order valence-corrected chi connectivity index (χ0v) is 30.6. The van der Waals surface area contributed by atoms with Crippen LogP contribution in [0.3, 0.4) is 0 Å². The molecule has 0 radical (unpaired) electrons. The lowest BCUT2D eigenvalue weighted by Crippen LogP contribution is -1.94. The van der Waals surface area contributed by atoms with Crippen molar-refractivity contribution in [3.05, 3.63) is 212 Å². The van der Waals surface area contributed by atoms with Crippen molar-refractivity contribution < 1.29 is 4.42 Å². The maximum atomic E-state index is 6.59. The summed E-state index contributed by atoms with van der Waals surface area (Å²) in [5.41, 5.74) is 17.0. The first-order valence-electron chi connectivity index (χ1n) is 19.2. The van der Waals surface area contributed by atoms with E-state index in [1.165, 1.54) is 49.6 Å². The molecule has 2 heterocycles. The third-order valence-corrected chi connectivity index (χ3v) is 11.2. The average molecular weight is 714 g/mol. The number of furan rings is 1. The van der Waals surface area contributed by atoms with E-state index < -0.39 is 0 Å². The van der Waals surface area contributed by atoms with E-state index in [1.807, 2.05) is 6.07 Å². The fourth-order valence-electron chi connectivity index (χ4n) is 8.49. The third kappa shape index (κ3) is 5.42. The number of nitrogens with zero attached hydrogens (tertiary/aromatic N) is 1. The Morgan fingerprint density at radius 3 is 1.57 bits per heavy atom. The molecule has 9 aromatic carbocycles. The van der Waals surface area contributed by atoms with Crippen molar-refractivity contribution in [2.75, 3.05) is 0 Å². The van der Waals surface area contributed by atoms with Crippen LogP contribution >= 0.6 is 0 Å². The number of rotatable bonds is 6. The number of fused-ring (bicyclic) bond motifs is 6. The molecule has 0 saturated heterocycles. The monoisotopic (exact) mass is 713 g/mol. The summed E-state index contributed by atoms with van der Waals surface area (Å²) in [7, 11) is 0. The van der Waals surface area contributed by atoms with Gasteiger partial charge in [0.15, 0.2) is 0 Å². The summed E-state index contributed by atoms with van der Waals surface area (Å²) in [5, 5.41) is 4.71. The Kier molecular flexibility index (Phi) is 7.53.